The number of nitrogens with zero attached hydrogens (tertiary/aromatic N) is 5. The Balaban J connectivity index is 1.42. The summed E-state index contributed by atoms with van der Waals surface area (Å²) in [5, 5.41) is 0. The lowest BCUT2D eigenvalue weighted by molar-refractivity contribution is -0.199. The number of ether oxygens (including phenoxy) is 3. The van der Waals surface area contributed by atoms with E-state index < -0.39 is 12.0 Å². The van der Waals surface area contributed by atoms with E-state index in [0.29, 0.717) is 35.6 Å². The molecule has 1 aliphatic carbocycles. The van der Waals surface area contributed by atoms with E-state index in [2.05, 4.69) is 33.7 Å². The summed E-state index contributed by atoms with van der Waals surface area (Å²) in [7, 11) is 0. The minimum absolute atomic E-state index is 0.170. The molecule has 168 valence electrons. The Morgan fingerprint density at radius 2 is 2.00 bits per heavy atom. The molecule has 2 aromatic rings. The Hall–Kier alpha value is -2.14. The normalized spacial score (nSPS) is 34.4. The number of aldehydes is 1. The molecule has 3 aliphatic rings. The van der Waals surface area contributed by atoms with Gasteiger partial charge in [-0.15, -0.1) is 0 Å². The van der Waals surface area contributed by atoms with Gasteiger partial charge in [0.2, 0.25) is 0 Å². The smallest absolute Gasteiger partial charge is 0.167 e. The van der Waals surface area contributed by atoms with Crippen LogP contribution in [0.5, 0.6) is 0 Å². The summed E-state index contributed by atoms with van der Waals surface area (Å²) in [4.78, 5) is 26.3. The average Bonchev–Trinajstić information content (AvgIpc) is 3.32. The van der Waals surface area contributed by atoms with E-state index >= 15 is 0 Å². The van der Waals surface area contributed by atoms with Gasteiger partial charge in [-0.2, -0.15) is 0 Å². The molecule has 4 heterocycles. The van der Waals surface area contributed by atoms with Gasteiger partial charge in [0.1, 0.15) is 36.4 Å². The van der Waals surface area contributed by atoms with Crippen molar-refractivity contribution in [2.24, 2.45) is 5.92 Å². The van der Waals surface area contributed by atoms with Crippen molar-refractivity contribution >= 4 is 23.3 Å². The van der Waals surface area contributed by atoms with Gasteiger partial charge in [0, 0.05) is 24.5 Å². The molecule has 2 aliphatic heterocycles. The van der Waals surface area contributed by atoms with Crippen LogP contribution in [0.25, 0.3) is 11.2 Å². The van der Waals surface area contributed by atoms with Gasteiger partial charge in [0.15, 0.2) is 23.5 Å². The molecule has 2 N–H and O–H groups in total. The second-order valence-electron chi connectivity index (χ2n) is 9.52. The van der Waals surface area contributed by atoms with E-state index in [9.17, 15) is 4.79 Å². The Kier molecular flexibility index (Phi) is 5.00. The molecule has 0 radical (unpaired) electrons. The fourth-order valence-corrected chi connectivity index (χ4v) is 5.09. The molecule has 10 nitrogen and oxygen atoms in total. The Morgan fingerprint density at radius 1 is 1.26 bits per heavy atom. The molecule has 3 fully saturated rings. The van der Waals surface area contributed by atoms with Crippen molar-refractivity contribution < 1.29 is 19.0 Å². The van der Waals surface area contributed by atoms with E-state index in [-0.39, 0.29) is 24.2 Å². The summed E-state index contributed by atoms with van der Waals surface area (Å²) in [6.07, 6.45) is 4.83. The molecule has 10 heteroatoms. The number of hydrogen-bond donors (Lipinski definition) is 1. The van der Waals surface area contributed by atoms with Crippen LogP contribution in [0.15, 0.2) is 12.7 Å². The summed E-state index contributed by atoms with van der Waals surface area (Å²) in [5.74, 6) is -0.204. The monoisotopic (exact) mass is 430 g/mol. The highest BCUT2D eigenvalue weighted by Gasteiger charge is 2.56. The van der Waals surface area contributed by atoms with Crippen molar-refractivity contribution in [3.8, 4) is 0 Å². The van der Waals surface area contributed by atoms with Crippen LogP contribution in [0.3, 0.4) is 0 Å². The lowest BCUT2D eigenvalue weighted by Crippen LogP contribution is -2.52. The van der Waals surface area contributed by atoms with Crippen molar-refractivity contribution in [2.75, 3.05) is 12.3 Å². The lowest BCUT2D eigenvalue weighted by atomic mass is 9.79. The second-order valence-corrected chi connectivity index (χ2v) is 9.52. The van der Waals surface area contributed by atoms with Gasteiger partial charge >= 0.3 is 0 Å². The number of rotatable bonds is 6. The van der Waals surface area contributed by atoms with Crippen LogP contribution in [0.2, 0.25) is 0 Å². The third-order valence-electron chi connectivity index (χ3n) is 6.65. The standard InChI is InChI=1S/C21H30N6O4/c1-11(2)26(13-5-12(6-13)8-28)7-14-16-17(31-21(3,4)30-16)20(29-14)27-10-25-15-18(22)23-9-24-19(15)27/h8-14,16-17,20H,5-7H2,1-4H3,(H2,22,23,24)/t12?,13?,14-,16-,17-,20-/m1/s1. The van der Waals surface area contributed by atoms with Crippen molar-refractivity contribution in [3.63, 3.8) is 0 Å². The number of nitrogens with two attached hydrogens (primary N) is 1. The quantitative estimate of drug-likeness (QED) is 0.680. The Labute approximate surface area is 181 Å². The van der Waals surface area contributed by atoms with Gasteiger partial charge in [-0.25, -0.2) is 15.0 Å². The molecular weight excluding hydrogens is 400 g/mol. The number of hydrogen-bond acceptors (Lipinski definition) is 9. The highest BCUT2D eigenvalue weighted by molar-refractivity contribution is 5.81. The molecule has 0 aromatic carbocycles. The maximum absolute atomic E-state index is 11.1. The highest BCUT2D eigenvalue weighted by atomic mass is 16.8. The predicted octanol–water partition coefficient (Wildman–Crippen LogP) is 1.51. The molecule has 0 spiro atoms. The minimum atomic E-state index is -0.707. The highest BCUT2D eigenvalue weighted by Crippen LogP contribution is 2.44. The van der Waals surface area contributed by atoms with Crippen molar-refractivity contribution in [1.29, 1.82) is 0 Å². The van der Waals surface area contributed by atoms with Crippen LogP contribution >= 0.6 is 0 Å². The Bertz CT molecular complexity index is 972. The van der Waals surface area contributed by atoms with Crippen LogP contribution in [-0.4, -0.2) is 73.4 Å². The summed E-state index contributed by atoms with van der Waals surface area (Å²) in [5.41, 5.74) is 7.12. The molecule has 2 saturated heterocycles. The SMILES string of the molecule is CC(C)N(C[C@H]1O[C@@H](n2cnc3c(N)ncnc32)[C@@H]2OC(C)(C)O[C@@H]21)C1CC(C=O)C1. The van der Waals surface area contributed by atoms with Crippen LogP contribution in [-0.2, 0) is 19.0 Å². The zero-order valence-corrected chi connectivity index (χ0v) is 18.3. The number of anilines is 1. The zero-order valence-electron chi connectivity index (χ0n) is 18.3. The van der Waals surface area contributed by atoms with Gasteiger partial charge in [-0.1, -0.05) is 0 Å². The number of imidazole rings is 1. The molecule has 4 atom stereocenters. The van der Waals surface area contributed by atoms with Gasteiger partial charge in [0.05, 0.1) is 6.33 Å². The minimum Gasteiger partial charge on any atom is -0.382 e. The molecule has 0 bridgehead atoms. The fraction of sp³-hybridized carbons (Fsp3) is 0.714. The third-order valence-corrected chi connectivity index (χ3v) is 6.65. The maximum atomic E-state index is 11.1. The molecule has 0 unspecified atom stereocenters. The number of fused-ring (bicyclic) bond motifs is 2. The molecule has 2 aromatic heterocycles. The summed E-state index contributed by atoms with van der Waals surface area (Å²) in [6, 6.07) is 0.712. The van der Waals surface area contributed by atoms with Crippen molar-refractivity contribution in [2.45, 2.75) is 82.9 Å². The average molecular weight is 431 g/mol. The summed E-state index contributed by atoms with van der Waals surface area (Å²) < 4.78 is 20.9. The van der Waals surface area contributed by atoms with E-state index in [0.717, 1.165) is 19.1 Å². The van der Waals surface area contributed by atoms with E-state index in [1.165, 1.54) is 6.33 Å². The second kappa shape index (κ2) is 7.47. The van der Waals surface area contributed by atoms with Gasteiger partial charge in [0.25, 0.3) is 0 Å². The van der Waals surface area contributed by atoms with Crippen molar-refractivity contribution in [1.82, 2.24) is 24.4 Å². The number of carbonyl (C=O) groups is 1. The van der Waals surface area contributed by atoms with Crippen LogP contribution in [0.4, 0.5) is 5.82 Å². The van der Waals surface area contributed by atoms with Crippen molar-refractivity contribution in [3.05, 3.63) is 12.7 Å². The van der Waals surface area contributed by atoms with Crippen LogP contribution in [0.1, 0.15) is 46.8 Å². The molecular formula is C21H30N6O4. The molecule has 31 heavy (non-hydrogen) atoms. The van der Waals surface area contributed by atoms with Gasteiger partial charge < -0.3 is 24.7 Å². The topological polar surface area (TPSA) is 118 Å². The first-order valence-corrected chi connectivity index (χ1v) is 10.9. The van der Waals surface area contributed by atoms with Crippen LogP contribution in [0, 0.1) is 5.92 Å². The van der Waals surface area contributed by atoms with Gasteiger partial charge in [-0.3, -0.25) is 9.47 Å². The largest absolute Gasteiger partial charge is 0.382 e. The molecule has 1 saturated carbocycles. The first-order chi connectivity index (χ1) is 14.8. The van der Waals surface area contributed by atoms with E-state index in [4.69, 9.17) is 19.9 Å². The molecule has 0 amide bonds. The predicted molar refractivity (Wildman–Crippen MR) is 112 cm³/mol. The first-order valence-electron chi connectivity index (χ1n) is 10.9. The van der Waals surface area contributed by atoms with Crippen LogP contribution < -0.4 is 5.73 Å². The maximum Gasteiger partial charge on any atom is 0.167 e. The molecule has 5 rings (SSSR count). The lowest BCUT2D eigenvalue weighted by Gasteiger charge is -2.44. The number of nitrogen functional groups attached to an aromatic ring is 1. The zero-order chi connectivity index (χ0) is 21.9. The summed E-state index contributed by atoms with van der Waals surface area (Å²) in [6.45, 7) is 8.90. The third kappa shape index (κ3) is 3.51. The van der Waals surface area contributed by atoms with Gasteiger partial charge in [-0.05, 0) is 40.5 Å². The van der Waals surface area contributed by atoms with E-state index in [1.807, 2.05) is 18.4 Å². The summed E-state index contributed by atoms with van der Waals surface area (Å²) >= 11 is 0. The van der Waals surface area contributed by atoms with E-state index in [1.54, 1.807) is 6.33 Å². The number of carbonyl (C=O) groups excluding carboxylic acids is 1. The fourth-order valence-electron chi connectivity index (χ4n) is 5.09. The first kappa shape index (κ1) is 20.7. The Morgan fingerprint density at radius 3 is 2.71 bits per heavy atom. The number of aromatic nitrogens is 4.